The summed E-state index contributed by atoms with van der Waals surface area (Å²) in [5.74, 6) is 0.0703. The van der Waals surface area contributed by atoms with E-state index in [4.69, 9.17) is 9.47 Å². The molecule has 6 heteroatoms. The van der Waals surface area contributed by atoms with Gasteiger partial charge in [0.2, 0.25) is 0 Å². The first-order chi connectivity index (χ1) is 12.9. The minimum Gasteiger partial charge on any atom is -0.486 e. The number of ether oxygens (including phenoxy) is 2. The first-order valence-corrected chi connectivity index (χ1v) is 8.84. The Labute approximate surface area is 158 Å². The molecular weight excluding hydrogens is 344 g/mol. The molecule has 1 heterocycles. The fourth-order valence-corrected chi connectivity index (χ4v) is 3.28. The van der Waals surface area contributed by atoms with E-state index >= 15 is 0 Å². The number of fused-ring (bicyclic) bond motifs is 1. The summed E-state index contributed by atoms with van der Waals surface area (Å²) in [4.78, 5) is 16.3. The van der Waals surface area contributed by atoms with Gasteiger partial charge in [0.1, 0.15) is 23.5 Å². The van der Waals surface area contributed by atoms with Gasteiger partial charge >= 0.3 is 5.97 Å². The van der Waals surface area contributed by atoms with Crippen molar-refractivity contribution in [1.29, 1.82) is 0 Å². The number of benzene rings is 2. The molecule has 142 valence electrons. The van der Waals surface area contributed by atoms with Crippen molar-refractivity contribution >= 4 is 17.0 Å². The summed E-state index contributed by atoms with van der Waals surface area (Å²) in [7, 11) is 1.65. The number of nitrogens with zero attached hydrogens (tertiary/aromatic N) is 2. The normalized spacial score (nSPS) is 11.1. The lowest BCUT2D eigenvalue weighted by Crippen LogP contribution is -2.07. The number of aromatic nitrogens is 2. The molecule has 0 bridgehead atoms. The molecule has 2 aromatic carbocycles. The van der Waals surface area contributed by atoms with Crippen LogP contribution in [0.15, 0.2) is 30.3 Å². The summed E-state index contributed by atoms with van der Waals surface area (Å²) in [6.07, 6.45) is 0. The standard InChI is InChI=1S/C21H24N2O4/c1-13-6-5-7-14(2)17(13)12-27-20-16(21(24)25)8-9-18-19(20)22-15(3)23(18)10-11-26-4/h5-9H,10-12H2,1-4H3,(H,24,25). The van der Waals surface area contributed by atoms with Crippen LogP contribution in [0.5, 0.6) is 5.75 Å². The lowest BCUT2D eigenvalue weighted by Gasteiger charge is -2.14. The zero-order chi connectivity index (χ0) is 19.6. The fourth-order valence-electron chi connectivity index (χ4n) is 3.28. The molecule has 0 aliphatic rings. The molecule has 0 saturated carbocycles. The predicted molar refractivity (Wildman–Crippen MR) is 104 cm³/mol. The van der Waals surface area contributed by atoms with E-state index in [1.807, 2.05) is 43.5 Å². The second-order valence-corrected chi connectivity index (χ2v) is 6.58. The lowest BCUT2D eigenvalue weighted by atomic mass is 10.0. The smallest absolute Gasteiger partial charge is 0.339 e. The van der Waals surface area contributed by atoms with Crippen LogP contribution in [0.3, 0.4) is 0 Å². The highest BCUT2D eigenvalue weighted by molar-refractivity contribution is 5.98. The molecule has 3 aromatic rings. The number of carboxylic acid groups (broad SMARTS) is 1. The summed E-state index contributed by atoms with van der Waals surface area (Å²) in [5.41, 5.74) is 4.80. The van der Waals surface area contributed by atoms with Crippen molar-refractivity contribution < 1.29 is 19.4 Å². The van der Waals surface area contributed by atoms with Gasteiger partial charge < -0.3 is 19.1 Å². The minimum absolute atomic E-state index is 0.116. The van der Waals surface area contributed by atoms with Gasteiger partial charge in [0.15, 0.2) is 5.75 Å². The molecule has 0 amide bonds. The number of rotatable bonds is 7. The molecular formula is C21H24N2O4. The van der Waals surface area contributed by atoms with E-state index in [1.165, 1.54) is 0 Å². The topological polar surface area (TPSA) is 73.6 Å². The SMILES string of the molecule is COCCn1c(C)nc2c(OCc3c(C)cccc3C)c(C(=O)O)ccc21. The largest absolute Gasteiger partial charge is 0.486 e. The fraction of sp³-hybridized carbons (Fsp3) is 0.333. The van der Waals surface area contributed by atoms with Crippen LogP contribution in [0.4, 0.5) is 0 Å². The molecule has 0 atom stereocenters. The van der Waals surface area contributed by atoms with E-state index < -0.39 is 5.97 Å². The summed E-state index contributed by atoms with van der Waals surface area (Å²) in [5, 5.41) is 9.61. The number of methoxy groups -OCH3 is 1. The summed E-state index contributed by atoms with van der Waals surface area (Å²) in [6, 6.07) is 9.40. The van der Waals surface area contributed by atoms with Crippen LogP contribution in [0, 0.1) is 20.8 Å². The van der Waals surface area contributed by atoms with E-state index in [-0.39, 0.29) is 5.56 Å². The molecule has 1 N–H and O–H groups in total. The number of carboxylic acids is 1. The Hall–Kier alpha value is -2.86. The van der Waals surface area contributed by atoms with Gasteiger partial charge in [0.25, 0.3) is 0 Å². The molecule has 0 aliphatic heterocycles. The van der Waals surface area contributed by atoms with Crippen molar-refractivity contribution in [2.24, 2.45) is 0 Å². The Morgan fingerprint density at radius 2 is 1.85 bits per heavy atom. The predicted octanol–water partition coefficient (Wildman–Crippen LogP) is 3.89. The molecule has 0 spiro atoms. The molecule has 0 saturated heterocycles. The van der Waals surface area contributed by atoms with Gasteiger partial charge in [-0.25, -0.2) is 9.78 Å². The van der Waals surface area contributed by atoms with E-state index in [0.717, 1.165) is 28.0 Å². The van der Waals surface area contributed by atoms with Crippen molar-refractivity contribution in [1.82, 2.24) is 9.55 Å². The minimum atomic E-state index is -1.03. The maximum absolute atomic E-state index is 11.7. The van der Waals surface area contributed by atoms with Crippen molar-refractivity contribution in [3.63, 3.8) is 0 Å². The second kappa shape index (κ2) is 7.80. The van der Waals surface area contributed by atoms with Crippen LogP contribution in [-0.2, 0) is 17.9 Å². The third-order valence-electron chi connectivity index (χ3n) is 4.82. The Kier molecular flexibility index (Phi) is 5.46. The quantitative estimate of drug-likeness (QED) is 0.685. The second-order valence-electron chi connectivity index (χ2n) is 6.58. The highest BCUT2D eigenvalue weighted by atomic mass is 16.5. The Balaban J connectivity index is 2.06. The van der Waals surface area contributed by atoms with Crippen molar-refractivity contribution in [3.05, 3.63) is 58.4 Å². The molecule has 0 unspecified atom stereocenters. The molecule has 3 rings (SSSR count). The number of aryl methyl sites for hydroxylation is 3. The van der Waals surface area contributed by atoms with E-state index in [1.54, 1.807) is 19.2 Å². The van der Waals surface area contributed by atoms with Crippen LogP contribution in [-0.4, -0.2) is 34.3 Å². The maximum Gasteiger partial charge on any atom is 0.339 e. The molecule has 0 aliphatic carbocycles. The van der Waals surface area contributed by atoms with Crippen LogP contribution < -0.4 is 4.74 Å². The van der Waals surface area contributed by atoms with Gasteiger partial charge in [-0.05, 0) is 49.6 Å². The summed E-state index contributed by atoms with van der Waals surface area (Å²) in [6.45, 7) is 7.42. The van der Waals surface area contributed by atoms with E-state index in [0.29, 0.717) is 31.0 Å². The van der Waals surface area contributed by atoms with Crippen LogP contribution in [0.25, 0.3) is 11.0 Å². The monoisotopic (exact) mass is 368 g/mol. The van der Waals surface area contributed by atoms with Crippen LogP contribution in [0.2, 0.25) is 0 Å². The van der Waals surface area contributed by atoms with Crippen LogP contribution in [0.1, 0.15) is 32.9 Å². The van der Waals surface area contributed by atoms with Crippen molar-refractivity contribution in [2.45, 2.75) is 33.9 Å². The van der Waals surface area contributed by atoms with Crippen molar-refractivity contribution in [2.75, 3.05) is 13.7 Å². The summed E-state index contributed by atoms with van der Waals surface area (Å²) < 4.78 is 13.2. The first-order valence-electron chi connectivity index (χ1n) is 8.84. The Bertz CT molecular complexity index is 971. The van der Waals surface area contributed by atoms with Crippen LogP contribution >= 0.6 is 0 Å². The molecule has 0 radical (unpaired) electrons. The maximum atomic E-state index is 11.7. The lowest BCUT2D eigenvalue weighted by molar-refractivity contribution is 0.0692. The number of hydrogen-bond acceptors (Lipinski definition) is 4. The van der Waals surface area contributed by atoms with Gasteiger partial charge in [-0.3, -0.25) is 0 Å². The van der Waals surface area contributed by atoms with Crippen molar-refractivity contribution in [3.8, 4) is 5.75 Å². The summed E-state index contributed by atoms with van der Waals surface area (Å²) >= 11 is 0. The Morgan fingerprint density at radius 1 is 1.15 bits per heavy atom. The zero-order valence-corrected chi connectivity index (χ0v) is 16.1. The number of aromatic carboxylic acids is 1. The average molecular weight is 368 g/mol. The number of hydrogen-bond donors (Lipinski definition) is 1. The Morgan fingerprint density at radius 3 is 2.48 bits per heavy atom. The van der Waals surface area contributed by atoms with Gasteiger partial charge in [-0.1, -0.05) is 18.2 Å². The van der Waals surface area contributed by atoms with Gasteiger partial charge in [-0.15, -0.1) is 0 Å². The third-order valence-corrected chi connectivity index (χ3v) is 4.82. The van der Waals surface area contributed by atoms with Gasteiger partial charge in [0, 0.05) is 13.7 Å². The average Bonchev–Trinajstić information content (AvgIpc) is 2.94. The number of imidazole rings is 1. The van der Waals surface area contributed by atoms with E-state index in [2.05, 4.69) is 4.98 Å². The van der Waals surface area contributed by atoms with Gasteiger partial charge in [-0.2, -0.15) is 0 Å². The number of carbonyl (C=O) groups is 1. The first kappa shape index (κ1) is 18.9. The highest BCUT2D eigenvalue weighted by Gasteiger charge is 2.20. The molecule has 1 aromatic heterocycles. The zero-order valence-electron chi connectivity index (χ0n) is 16.1. The highest BCUT2D eigenvalue weighted by Crippen LogP contribution is 2.31. The van der Waals surface area contributed by atoms with E-state index in [9.17, 15) is 9.90 Å². The molecule has 27 heavy (non-hydrogen) atoms. The van der Waals surface area contributed by atoms with Gasteiger partial charge in [0.05, 0.1) is 12.1 Å². The third kappa shape index (κ3) is 3.66. The molecule has 6 nitrogen and oxygen atoms in total. The molecule has 0 fully saturated rings.